The van der Waals surface area contributed by atoms with Gasteiger partial charge >= 0.3 is 5.97 Å². The van der Waals surface area contributed by atoms with E-state index in [4.69, 9.17) is 4.74 Å². The molecule has 4 nitrogen and oxygen atoms in total. The van der Waals surface area contributed by atoms with Gasteiger partial charge in [0.15, 0.2) is 0 Å². The van der Waals surface area contributed by atoms with Crippen molar-refractivity contribution in [2.24, 2.45) is 0 Å². The average Bonchev–Trinajstić information content (AvgIpc) is 1.87. The van der Waals surface area contributed by atoms with Crippen molar-refractivity contribution in [3.05, 3.63) is 12.2 Å². The van der Waals surface area contributed by atoms with Gasteiger partial charge in [0.1, 0.15) is 12.7 Å². The summed E-state index contributed by atoms with van der Waals surface area (Å²) in [6, 6.07) is 0. The molecule has 0 aromatic rings. The van der Waals surface area contributed by atoms with E-state index in [1.165, 1.54) is 0 Å². The third kappa shape index (κ3) is 6.15. The van der Waals surface area contributed by atoms with Gasteiger partial charge in [-0.15, -0.1) is 0 Å². The quantitative estimate of drug-likeness (QED) is 0.290. The molecule has 0 radical (unpaired) electrons. The number of hydrogen-bond acceptors (Lipinski definition) is 3. The average molecular weight is 196 g/mol. The predicted molar refractivity (Wildman–Crippen MR) is 39.2 cm³/mol. The second-order valence-corrected chi connectivity index (χ2v) is 2.37. The third-order valence-corrected chi connectivity index (χ3v) is 1.01. The minimum atomic E-state index is -0.394. The molecule has 1 unspecified atom stereocenters. The van der Waals surface area contributed by atoms with Crippen molar-refractivity contribution in [3.63, 3.8) is 0 Å². The van der Waals surface area contributed by atoms with E-state index < -0.39 is 5.97 Å². The van der Waals surface area contributed by atoms with Crippen molar-refractivity contribution < 1.29 is 32.7 Å². The maximum absolute atomic E-state index is 10.8. The molecular weight excluding hydrogens is 182 g/mol. The summed E-state index contributed by atoms with van der Waals surface area (Å²) in [6.45, 7) is 7.07. The summed E-state index contributed by atoms with van der Waals surface area (Å²) in [5.74, 6) is 2.77. The fourth-order valence-electron chi connectivity index (χ4n) is 0.483. The topological polar surface area (TPSA) is 63.2 Å². The standard InChI is InChI=1S/C7H14NO3.ClH/c1-5(2)7(9)11-6(3)4-10-8;/h6H,1,4H2,2-3,8H3;1H/q+1;/p-1. The van der Waals surface area contributed by atoms with E-state index >= 15 is 0 Å². The van der Waals surface area contributed by atoms with Gasteiger partial charge in [-0.05, 0) is 13.8 Å². The first-order valence-corrected chi connectivity index (χ1v) is 3.31. The summed E-state index contributed by atoms with van der Waals surface area (Å²) in [5.41, 5.74) is 0.390. The Kier molecular flexibility index (Phi) is 8.26. The number of halogens is 1. The maximum Gasteiger partial charge on any atom is 0.333 e. The number of quaternary nitrogens is 1. The Labute approximate surface area is 78.1 Å². The molecule has 1 atom stereocenters. The van der Waals surface area contributed by atoms with Gasteiger partial charge in [-0.3, -0.25) is 0 Å². The van der Waals surface area contributed by atoms with Crippen LogP contribution in [-0.2, 0) is 14.4 Å². The zero-order chi connectivity index (χ0) is 8.85. The minimum Gasteiger partial charge on any atom is -1.00 e. The first-order chi connectivity index (χ1) is 5.07. The SMILES string of the molecule is C=C(C)C(=O)OC(C)CO[NH3+].[Cl-]. The van der Waals surface area contributed by atoms with E-state index in [0.717, 1.165) is 0 Å². The Balaban J connectivity index is 0. The lowest BCUT2D eigenvalue weighted by Crippen LogP contribution is -3.00. The lowest BCUT2D eigenvalue weighted by Gasteiger charge is -2.09. The molecule has 0 amide bonds. The molecule has 0 heterocycles. The molecule has 0 aromatic heterocycles. The summed E-state index contributed by atoms with van der Waals surface area (Å²) in [6.07, 6.45) is -0.267. The van der Waals surface area contributed by atoms with E-state index in [1.807, 2.05) is 0 Å². The second-order valence-electron chi connectivity index (χ2n) is 2.37. The van der Waals surface area contributed by atoms with Crippen LogP contribution < -0.4 is 18.3 Å². The second kappa shape index (κ2) is 7.09. The Hall–Kier alpha value is -0.580. The van der Waals surface area contributed by atoms with Crippen molar-refractivity contribution in [1.29, 1.82) is 0 Å². The Bertz CT molecular complexity index is 161. The van der Waals surface area contributed by atoms with Crippen molar-refractivity contribution >= 4 is 5.97 Å². The number of hydrogen-bond donors (Lipinski definition) is 1. The van der Waals surface area contributed by atoms with Crippen LogP contribution >= 0.6 is 0 Å². The molecule has 0 saturated heterocycles. The molecule has 0 rings (SSSR count). The van der Waals surface area contributed by atoms with Gasteiger partial charge in [-0.1, -0.05) is 6.58 Å². The summed E-state index contributed by atoms with van der Waals surface area (Å²) >= 11 is 0. The lowest BCUT2D eigenvalue weighted by molar-refractivity contribution is -0.691. The van der Waals surface area contributed by atoms with E-state index in [-0.39, 0.29) is 18.5 Å². The molecule has 12 heavy (non-hydrogen) atoms. The molecule has 3 N–H and O–H groups in total. The van der Waals surface area contributed by atoms with Crippen LogP contribution in [0.5, 0.6) is 0 Å². The predicted octanol–water partition coefficient (Wildman–Crippen LogP) is -3.33. The van der Waals surface area contributed by atoms with E-state index in [1.54, 1.807) is 13.8 Å². The van der Waals surface area contributed by atoms with Crippen LogP contribution in [0.1, 0.15) is 13.8 Å². The van der Waals surface area contributed by atoms with Gasteiger partial charge in [0.05, 0.1) is 0 Å². The van der Waals surface area contributed by atoms with Gasteiger partial charge in [-0.2, -0.15) is 0 Å². The lowest BCUT2D eigenvalue weighted by atomic mass is 10.3. The number of esters is 1. The van der Waals surface area contributed by atoms with Crippen LogP contribution in [-0.4, -0.2) is 18.7 Å². The van der Waals surface area contributed by atoms with Crippen LogP contribution in [0, 0.1) is 0 Å². The largest absolute Gasteiger partial charge is 1.00 e. The monoisotopic (exact) mass is 195 g/mol. The maximum atomic E-state index is 10.8. The smallest absolute Gasteiger partial charge is 0.333 e. The molecule has 0 aliphatic heterocycles. The molecule has 0 aliphatic carbocycles. The molecule has 72 valence electrons. The summed E-state index contributed by atoms with van der Waals surface area (Å²) < 4.78 is 4.85. The third-order valence-electron chi connectivity index (χ3n) is 1.01. The normalized spacial score (nSPS) is 11.2. The van der Waals surface area contributed by atoms with Gasteiger partial charge < -0.3 is 17.1 Å². The first-order valence-electron chi connectivity index (χ1n) is 3.31. The summed E-state index contributed by atoms with van der Waals surface area (Å²) in [5, 5.41) is 0. The molecule has 0 fully saturated rings. The van der Waals surface area contributed by atoms with Gasteiger partial charge in [0.25, 0.3) is 0 Å². The van der Waals surface area contributed by atoms with Gasteiger partial charge in [0.2, 0.25) is 0 Å². The van der Waals surface area contributed by atoms with Crippen LogP contribution in [0.15, 0.2) is 12.2 Å². The van der Waals surface area contributed by atoms with Crippen LogP contribution in [0.25, 0.3) is 0 Å². The molecule has 0 aromatic carbocycles. The van der Waals surface area contributed by atoms with Crippen molar-refractivity contribution in [1.82, 2.24) is 0 Å². The Morgan fingerprint density at radius 2 is 2.17 bits per heavy atom. The van der Waals surface area contributed by atoms with E-state index in [9.17, 15) is 4.79 Å². The minimum absolute atomic E-state index is 0. The fourth-order valence-corrected chi connectivity index (χ4v) is 0.483. The summed E-state index contributed by atoms with van der Waals surface area (Å²) in [7, 11) is 0. The van der Waals surface area contributed by atoms with Crippen molar-refractivity contribution in [2.45, 2.75) is 20.0 Å². The van der Waals surface area contributed by atoms with Crippen LogP contribution in [0.2, 0.25) is 0 Å². The van der Waals surface area contributed by atoms with E-state index in [0.29, 0.717) is 12.2 Å². The van der Waals surface area contributed by atoms with Gasteiger partial charge in [0, 0.05) is 5.57 Å². The molecule has 5 heteroatoms. The van der Waals surface area contributed by atoms with Crippen LogP contribution in [0.3, 0.4) is 0 Å². The first kappa shape index (κ1) is 14.0. The number of ether oxygens (including phenoxy) is 1. The highest BCUT2D eigenvalue weighted by atomic mass is 35.5. The molecular formula is C7H14ClNO3. The fraction of sp³-hybridized carbons (Fsp3) is 0.571. The molecule has 0 bridgehead atoms. The summed E-state index contributed by atoms with van der Waals surface area (Å²) in [4.78, 5) is 15.4. The zero-order valence-electron chi connectivity index (χ0n) is 7.30. The Morgan fingerprint density at radius 1 is 1.67 bits per heavy atom. The van der Waals surface area contributed by atoms with Gasteiger partial charge in [-0.25, -0.2) is 15.5 Å². The molecule has 0 saturated carbocycles. The number of carbonyl (C=O) groups excluding carboxylic acids is 1. The van der Waals surface area contributed by atoms with Crippen molar-refractivity contribution in [2.75, 3.05) is 6.61 Å². The van der Waals surface area contributed by atoms with Crippen molar-refractivity contribution in [3.8, 4) is 0 Å². The van der Waals surface area contributed by atoms with E-state index in [2.05, 4.69) is 17.3 Å². The molecule has 0 aliphatic rings. The highest BCUT2D eigenvalue weighted by Gasteiger charge is 2.09. The highest BCUT2D eigenvalue weighted by molar-refractivity contribution is 5.87. The Morgan fingerprint density at radius 3 is 2.50 bits per heavy atom. The zero-order valence-corrected chi connectivity index (χ0v) is 8.06. The number of carbonyl (C=O) groups is 1. The van der Waals surface area contributed by atoms with Crippen LogP contribution in [0.4, 0.5) is 0 Å². The highest BCUT2D eigenvalue weighted by Crippen LogP contribution is 1.97. The molecule has 0 spiro atoms. The number of rotatable bonds is 4.